The van der Waals surface area contributed by atoms with Gasteiger partial charge in [0.05, 0.1) is 0 Å². The fourth-order valence-electron chi connectivity index (χ4n) is 4.05. The maximum atomic E-state index is 12.9. The minimum Gasteiger partial charge on any atom is -0.380 e. The molecule has 0 radical (unpaired) electrons. The summed E-state index contributed by atoms with van der Waals surface area (Å²) in [7, 11) is 0. The summed E-state index contributed by atoms with van der Waals surface area (Å²) >= 11 is 0. The Balaban J connectivity index is 1.47. The van der Waals surface area contributed by atoms with Crippen molar-refractivity contribution in [2.75, 3.05) is 0 Å². The SMILES string of the molecule is CCCc1ccc(C2CCC(CC(O)C#Cc3ccc(F)cc3)CC2)cc1. The van der Waals surface area contributed by atoms with Crippen LogP contribution < -0.4 is 0 Å². The van der Waals surface area contributed by atoms with Gasteiger partial charge in [-0.25, -0.2) is 4.39 Å². The van der Waals surface area contributed by atoms with Gasteiger partial charge in [0.25, 0.3) is 0 Å². The smallest absolute Gasteiger partial charge is 0.123 e. The Labute approximate surface area is 162 Å². The third kappa shape index (κ3) is 5.94. The highest BCUT2D eigenvalue weighted by Gasteiger charge is 2.23. The number of hydrogen-bond donors (Lipinski definition) is 1. The predicted molar refractivity (Wildman–Crippen MR) is 109 cm³/mol. The van der Waals surface area contributed by atoms with Gasteiger partial charge in [-0.3, -0.25) is 0 Å². The van der Waals surface area contributed by atoms with Crippen molar-refractivity contribution in [1.29, 1.82) is 0 Å². The molecule has 1 saturated carbocycles. The van der Waals surface area contributed by atoms with E-state index in [-0.39, 0.29) is 5.82 Å². The predicted octanol–water partition coefficient (Wildman–Crippen LogP) is 5.85. The van der Waals surface area contributed by atoms with Crippen molar-refractivity contribution in [1.82, 2.24) is 0 Å². The summed E-state index contributed by atoms with van der Waals surface area (Å²) < 4.78 is 12.9. The van der Waals surface area contributed by atoms with E-state index in [1.165, 1.54) is 42.5 Å². The van der Waals surface area contributed by atoms with Gasteiger partial charge in [-0.05, 0) is 85.8 Å². The first-order valence-electron chi connectivity index (χ1n) is 10.2. The van der Waals surface area contributed by atoms with Crippen LogP contribution in [0.25, 0.3) is 0 Å². The van der Waals surface area contributed by atoms with Gasteiger partial charge in [0.2, 0.25) is 0 Å². The van der Waals surface area contributed by atoms with Crippen molar-refractivity contribution in [3.8, 4) is 11.8 Å². The highest BCUT2D eigenvalue weighted by atomic mass is 19.1. The molecule has 1 nitrogen and oxygen atoms in total. The van der Waals surface area contributed by atoms with E-state index in [9.17, 15) is 9.50 Å². The van der Waals surface area contributed by atoms with Crippen LogP contribution in [0.15, 0.2) is 48.5 Å². The molecule has 1 unspecified atom stereocenters. The zero-order valence-electron chi connectivity index (χ0n) is 16.1. The van der Waals surface area contributed by atoms with E-state index in [0.29, 0.717) is 11.8 Å². The molecule has 1 aliphatic rings. The number of aliphatic hydroxyl groups is 1. The van der Waals surface area contributed by atoms with Gasteiger partial charge in [0, 0.05) is 5.56 Å². The third-order valence-corrected chi connectivity index (χ3v) is 5.62. The largest absolute Gasteiger partial charge is 0.380 e. The fourth-order valence-corrected chi connectivity index (χ4v) is 4.05. The molecule has 0 aromatic heterocycles. The molecule has 142 valence electrons. The molecule has 0 amide bonds. The molecule has 2 aromatic carbocycles. The standard InChI is InChI=1S/C25H29FO/c1-2-3-19-4-11-22(12-5-19)23-13-6-21(7-14-23)18-25(27)17-10-20-8-15-24(26)16-9-20/h4-5,8-9,11-12,15-16,21,23,25,27H,2-3,6-7,13-14,18H2,1H3. The van der Waals surface area contributed by atoms with Crippen molar-refractivity contribution in [2.45, 2.75) is 63.9 Å². The summed E-state index contributed by atoms with van der Waals surface area (Å²) in [5.74, 6) is 6.78. The minimum atomic E-state index is -0.607. The zero-order chi connectivity index (χ0) is 19.1. The van der Waals surface area contributed by atoms with E-state index < -0.39 is 6.10 Å². The van der Waals surface area contributed by atoms with Crippen molar-refractivity contribution < 1.29 is 9.50 Å². The number of hydrogen-bond acceptors (Lipinski definition) is 1. The van der Waals surface area contributed by atoms with Crippen LogP contribution in [0, 0.1) is 23.6 Å². The number of halogens is 1. The lowest BCUT2D eigenvalue weighted by Crippen LogP contribution is -2.18. The molecular formula is C25H29FO. The molecule has 1 atom stereocenters. The van der Waals surface area contributed by atoms with E-state index in [1.54, 1.807) is 12.1 Å². The first-order chi connectivity index (χ1) is 13.1. The third-order valence-electron chi connectivity index (χ3n) is 5.62. The van der Waals surface area contributed by atoms with Gasteiger partial charge < -0.3 is 5.11 Å². The second-order valence-electron chi connectivity index (χ2n) is 7.74. The van der Waals surface area contributed by atoms with Crippen LogP contribution >= 0.6 is 0 Å². The van der Waals surface area contributed by atoms with Crippen LogP contribution in [-0.2, 0) is 6.42 Å². The molecule has 0 saturated heterocycles. The second kappa shape index (κ2) is 9.72. The number of benzene rings is 2. The lowest BCUT2D eigenvalue weighted by Gasteiger charge is -2.29. The average molecular weight is 365 g/mol. The molecule has 3 rings (SSSR count). The lowest BCUT2D eigenvalue weighted by molar-refractivity contribution is 0.173. The maximum Gasteiger partial charge on any atom is 0.123 e. The number of aliphatic hydroxyl groups excluding tert-OH is 1. The molecule has 27 heavy (non-hydrogen) atoms. The van der Waals surface area contributed by atoms with E-state index in [1.807, 2.05) is 0 Å². The Morgan fingerprint density at radius 3 is 2.30 bits per heavy atom. The van der Waals surface area contributed by atoms with E-state index in [4.69, 9.17) is 0 Å². The van der Waals surface area contributed by atoms with Crippen molar-refractivity contribution >= 4 is 0 Å². The average Bonchev–Trinajstić information content (AvgIpc) is 2.69. The second-order valence-corrected chi connectivity index (χ2v) is 7.74. The van der Waals surface area contributed by atoms with Gasteiger partial charge in [-0.1, -0.05) is 49.5 Å². The molecule has 1 aliphatic carbocycles. The molecule has 0 spiro atoms. The summed E-state index contributed by atoms with van der Waals surface area (Å²) in [6, 6.07) is 15.2. The summed E-state index contributed by atoms with van der Waals surface area (Å²) in [6.45, 7) is 2.22. The van der Waals surface area contributed by atoms with Crippen LogP contribution in [0.3, 0.4) is 0 Å². The zero-order valence-corrected chi connectivity index (χ0v) is 16.1. The normalized spacial score (nSPS) is 20.6. The van der Waals surface area contributed by atoms with E-state index in [0.717, 1.165) is 31.2 Å². The van der Waals surface area contributed by atoms with Crippen molar-refractivity contribution in [3.05, 3.63) is 71.0 Å². The van der Waals surface area contributed by atoms with Gasteiger partial charge in [-0.15, -0.1) is 0 Å². The molecule has 2 heteroatoms. The number of rotatable bonds is 5. The highest BCUT2D eigenvalue weighted by molar-refractivity contribution is 5.34. The first-order valence-corrected chi connectivity index (χ1v) is 10.2. The van der Waals surface area contributed by atoms with E-state index >= 15 is 0 Å². The Morgan fingerprint density at radius 1 is 1.00 bits per heavy atom. The molecule has 1 N–H and O–H groups in total. The Morgan fingerprint density at radius 2 is 1.67 bits per heavy atom. The Kier molecular flexibility index (Phi) is 7.07. The van der Waals surface area contributed by atoms with Crippen molar-refractivity contribution in [3.63, 3.8) is 0 Å². The Hall–Kier alpha value is -2.11. The number of aryl methyl sites for hydroxylation is 1. The van der Waals surface area contributed by atoms with Crippen LogP contribution in [0.1, 0.15) is 68.1 Å². The highest BCUT2D eigenvalue weighted by Crippen LogP contribution is 2.37. The summed E-state index contributed by atoms with van der Waals surface area (Å²) in [4.78, 5) is 0. The van der Waals surface area contributed by atoms with Gasteiger partial charge >= 0.3 is 0 Å². The quantitative estimate of drug-likeness (QED) is 0.659. The van der Waals surface area contributed by atoms with Crippen LogP contribution in [0.5, 0.6) is 0 Å². The summed E-state index contributed by atoms with van der Waals surface area (Å²) in [6.07, 6.45) is 7.15. The van der Waals surface area contributed by atoms with Gasteiger partial charge in [-0.2, -0.15) is 0 Å². The van der Waals surface area contributed by atoms with Crippen LogP contribution in [-0.4, -0.2) is 11.2 Å². The fraction of sp³-hybridized carbons (Fsp3) is 0.440. The monoisotopic (exact) mass is 364 g/mol. The van der Waals surface area contributed by atoms with Gasteiger partial charge in [0.15, 0.2) is 0 Å². The minimum absolute atomic E-state index is 0.266. The first kappa shape index (κ1) is 19.6. The molecule has 0 bridgehead atoms. The lowest BCUT2D eigenvalue weighted by atomic mass is 9.77. The molecule has 0 aliphatic heterocycles. The maximum absolute atomic E-state index is 12.9. The van der Waals surface area contributed by atoms with Crippen LogP contribution in [0.2, 0.25) is 0 Å². The van der Waals surface area contributed by atoms with E-state index in [2.05, 4.69) is 43.0 Å². The molecule has 0 heterocycles. The molecule has 1 fully saturated rings. The Bertz CT molecular complexity index is 759. The summed E-state index contributed by atoms with van der Waals surface area (Å²) in [5.41, 5.74) is 3.63. The topological polar surface area (TPSA) is 20.2 Å². The van der Waals surface area contributed by atoms with Crippen molar-refractivity contribution in [2.24, 2.45) is 5.92 Å². The van der Waals surface area contributed by atoms with Gasteiger partial charge in [0.1, 0.15) is 11.9 Å². The van der Waals surface area contributed by atoms with Crippen LogP contribution in [0.4, 0.5) is 4.39 Å². The molecular weight excluding hydrogens is 335 g/mol. The summed E-state index contributed by atoms with van der Waals surface area (Å²) in [5, 5.41) is 10.2. The molecule has 2 aromatic rings.